The summed E-state index contributed by atoms with van der Waals surface area (Å²) in [6.07, 6.45) is 2.20. The number of aryl methyl sites for hydroxylation is 2. The van der Waals surface area contributed by atoms with Crippen LogP contribution in [-0.4, -0.2) is 75.3 Å². The Kier molecular flexibility index (Phi) is 5.14. The van der Waals surface area contributed by atoms with Crippen molar-refractivity contribution >= 4 is 16.7 Å². The fraction of sp³-hybridized carbons (Fsp3) is 0.522. The second kappa shape index (κ2) is 7.84. The number of rotatable bonds is 3. The van der Waals surface area contributed by atoms with Gasteiger partial charge in [0.2, 0.25) is 0 Å². The maximum absolute atomic E-state index is 14.9. The van der Waals surface area contributed by atoms with Gasteiger partial charge in [0.15, 0.2) is 5.82 Å². The lowest BCUT2D eigenvalue weighted by atomic mass is 9.85. The molecule has 1 aromatic carbocycles. The zero-order valence-electron chi connectivity index (χ0n) is 18.3. The fourth-order valence-corrected chi connectivity index (χ4v) is 4.95. The van der Waals surface area contributed by atoms with Crippen LogP contribution >= 0.6 is 0 Å². The highest BCUT2D eigenvalue weighted by Crippen LogP contribution is 2.35. The summed E-state index contributed by atoms with van der Waals surface area (Å²) >= 11 is 0. The molecule has 4 heterocycles. The van der Waals surface area contributed by atoms with E-state index in [1.54, 1.807) is 0 Å². The first kappa shape index (κ1) is 20.3. The number of nitrogens with zero attached hydrogens (tertiary/aromatic N) is 6. The average Bonchev–Trinajstić information content (AvgIpc) is 3.33. The Morgan fingerprint density at radius 3 is 2.58 bits per heavy atom. The van der Waals surface area contributed by atoms with Gasteiger partial charge < -0.3 is 14.9 Å². The molecule has 0 spiro atoms. The predicted molar refractivity (Wildman–Crippen MR) is 119 cm³/mol. The van der Waals surface area contributed by atoms with Crippen LogP contribution in [-0.2, 0) is 0 Å². The number of hydrogen-bond donors (Lipinski definition) is 1. The molecule has 0 radical (unpaired) electrons. The number of aliphatic hydroxyl groups is 1. The number of fused-ring (bicyclic) bond motifs is 1. The van der Waals surface area contributed by atoms with Crippen LogP contribution in [0.2, 0.25) is 0 Å². The summed E-state index contributed by atoms with van der Waals surface area (Å²) in [5.74, 6) is 2.05. The molecule has 2 saturated heterocycles. The van der Waals surface area contributed by atoms with Gasteiger partial charge in [-0.05, 0) is 63.5 Å². The van der Waals surface area contributed by atoms with Crippen LogP contribution in [0.4, 0.5) is 10.2 Å². The molecular formula is C23H29FN6O. The predicted octanol–water partition coefficient (Wildman–Crippen LogP) is 2.76. The molecule has 164 valence electrons. The topological polar surface area (TPSA) is 70.3 Å². The fourth-order valence-electron chi connectivity index (χ4n) is 4.95. The molecule has 2 aliphatic heterocycles. The van der Waals surface area contributed by atoms with Gasteiger partial charge in [-0.2, -0.15) is 5.10 Å². The summed E-state index contributed by atoms with van der Waals surface area (Å²) in [5.41, 5.74) is 3.09. The Bertz CT molecular complexity index is 1110. The maximum Gasteiger partial charge on any atom is 0.159 e. The van der Waals surface area contributed by atoms with Crippen molar-refractivity contribution < 1.29 is 9.50 Å². The summed E-state index contributed by atoms with van der Waals surface area (Å²) in [7, 11) is 1.97. The second-order valence-corrected chi connectivity index (χ2v) is 9.02. The molecule has 3 aromatic rings. The van der Waals surface area contributed by atoms with E-state index < -0.39 is 6.17 Å². The summed E-state index contributed by atoms with van der Waals surface area (Å²) in [5, 5.41) is 15.5. The Morgan fingerprint density at radius 2 is 1.84 bits per heavy atom. The lowest BCUT2D eigenvalue weighted by Crippen LogP contribution is -2.38. The number of likely N-dealkylation sites (tertiary alicyclic amines) is 1. The molecule has 0 bridgehead atoms. The van der Waals surface area contributed by atoms with Crippen molar-refractivity contribution in [3.05, 3.63) is 41.3 Å². The molecule has 0 amide bonds. The van der Waals surface area contributed by atoms with Crippen LogP contribution < -0.4 is 4.90 Å². The summed E-state index contributed by atoms with van der Waals surface area (Å²) in [6.45, 7) is 6.65. The minimum absolute atomic E-state index is 0.0993. The number of halogens is 1. The molecule has 2 aromatic heterocycles. The van der Waals surface area contributed by atoms with Gasteiger partial charge in [0.25, 0.3) is 0 Å². The minimum atomic E-state index is -0.874. The number of anilines is 1. The first-order valence-corrected chi connectivity index (χ1v) is 11.0. The number of benzene rings is 1. The standard InChI is InChI=1S/C23H29FN6O/c1-14-8-16-11-25-30(21(16)9-19(14)18-5-6-28(3)13-20(18)24)23-10-22(26-15(2)27-23)29-7-4-17(31)12-29/h8-11,17-18,20,31H,4-7,12-13H2,1-3H3/t17-,18-,20-/m0/s1. The number of piperidine rings is 1. The van der Waals surface area contributed by atoms with Crippen LogP contribution in [0.5, 0.6) is 0 Å². The Morgan fingerprint density at radius 1 is 1.03 bits per heavy atom. The molecule has 0 saturated carbocycles. The van der Waals surface area contributed by atoms with E-state index in [1.807, 2.05) is 30.9 Å². The number of alkyl halides is 1. The summed E-state index contributed by atoms with van der Waals surface area (Å²) in [4.78, 5) is 13.3. The van der Waals surface area contributed by atoms with E-state index in [4.69, 9.17) is 0 Å². The van der Waals surface area contributed by atoms with E-state index in [0.29, 0.717) is 24.7 Å². The molecule has 8 heteroatoms. The first-order chi connectivity index (χ1) is 14.9. The third kappa shape index (κ3) is 3.78. The van der Waals surface area contributed by atoms with Crippen LogP contribution in [0, 0.1) is 13.8 Å². The van der Waals surface area contributed by atoms with E-state index >= 15 is 0 Å². The van der Waals surface area contributed by atoms with Crippen LogP contribution in [0.3, 0.4) is 0 Å². The maximum atomic E-state index is 14.9. The third-order valence-electron chi connectivity index (χ3n) is 6.62. The second-order valence-electron chi connectivity index (χ2n) is 9.02. The highest BCUT2D eigenvalue weighted by molar-refractivity contribution is 5.82. The van der Waals surface area contributed by atoms with Gasteiger partial charge in [-0.15, -0.1) is 0 Å². The molecule has 1 N–H and O–H groups in total. The van der Waals surface area contributed by atoms with E-state index in [-0.39, 0.29) is 12.0 Å². The lowest BCUT2D eigenvalue weighted by molar-refractivity contribution is 0.139. The number of β-amino-alcohol motifs (C(OH)–C–C–N with tert-alkyl or cyclic N) is 1. The zero-order chi connectivity index (χ0) is 21.7. The molecule has 0 unspecified atom stereocenters. The summed E-state index contributed by atoms with van der Waals surface area (Å²) < 4.78 is 16.7. The third-order valence-corrected chi connectivity index (χ3v) is 6.62. The molecule has 5 rings (SSSR count). The van der Waals surface area contributed by atoms with E-state index in [2.05, 4.69) is 43.9 Å². The van der Waals surface area contributed by atoms with Crippen molar-refractivity contribution in [3.8, 4) is 5.82 Å². The van der Waals surface area contributed by atoms with E-state index in [9.17, 15) is 9.50 Å². The van der Waals surface area contributed by atoms with Gasteiger partial charge in [-0.25, -0.2) is 19.0 Å². The zero-order valence-corrected chi connectivity index (χ0v) is 18.3. The van der Waals surface area contributed by atoms with Crippen LogP contribution in [0.1, 0.15) is 35.7 Å². The Hall–Kier alpha value is -2.58. The van der Waals surface area contributed by atoms with Gasteiger partial charge >= 0.3 is 0 Å². The van der Waals surface area contributed by atoms with Crippen molar-refractivity contribution in [3.63, 3.8) is 0 Å². The van der Waals surface area contributed by atoms with E-state index in [1.165, 1.54) is 0 Å². The van der Waals surface area contributed by atoms with Crippen LogP contribution in [0.25, 0.3) is 16.7 Å². The lowest BCUT2D eigenvalue weighted by Gasteiger charge is -2.33. The van der Waals surface area contributed by atoms with Gasteiger partial charge in [0, 0.05) is 37.0 Å². The normalized spacial score (nSPS) is 24.9. The van der Waals surface area contributed by atoms with Crippen molar-refractivity contribution in [2.75, 3.05) is 38.1 Å². The van der Waals surface area contributed by atoms with E-state index in [0.717, 1.165) is 53.8 Å². The largest absolute Gasteiger partial charge is 0.391 e. The smallest absolute Gasteiger partial charge is 0.159 e. The van der Waals surface area contributed by atoms with Crippen molar-refractivity contribution in [2.45, 2.75) is 44.9 Å². The highest BCUT2D eigenvalue weighted by Gasteiger charge is 2.30. The molecule has 7 nitrogen and oxygen atoms in total. The quantitative estimate of drug-likeness (QED) is 0.697. The summed E-state index contributed by atoms with van der Waals surface area (Å²) in [6, 6.07) is 6.12. The van der Waals surface area contributed by atoms with Crippen molar-refractivity contribution in [1.82, 2.24) is 24.6 Å². The molecular weight excluding hydrogens is 395 g/mol. The van der Waals surface area contributed by atoms with Gasteiger partial charge in [-0.1, -0.05) is 0 Å². The minimum Gasteiger partial charge on any atom is -0.391 e. The number of hydrogen-bond acceptors (Lipinski definition) is 6. The van der Waals surface area contributed by atoms with Crippen molar-refractivity contribution in [2.24, 2.45) is 0 Å². The molecule has 2 fully saturated rings. The van der Waals surface area contributed by atoms with Gasteiger partial charge in [0.1, 0.15) is 17.8 Å². The number of aromatic nitrogens is 4. The first-order valence-electron chi connectivity index (χ1n) is 11.0. The Balaban J connectivity index is 1.56. The van der Waals surface area contributed by atoms with Gasteiger partial charge in [0.05, 0.1) is 17.8 Å². The monoisotopic (exact) mass is 424 g/mol. The average molecular weight is 425 g/mol. The number of aliphatic hydroxyl groups excluding tert-OH is 1. The molecule has 0 aliphatic carbocycles. The van der Waals surface area contributed by atoms with Crippen molar-refractivity contribution in [1.29, 1.82) is 0 Å². The van der Waals surface area contributed by atoms with Gasteiger partial charge in [-0.3, -0.25) is 0 Å². The highest BCUT2D eigenvalue weighted by atomic mass is 19.1. The molecule has 2 aliphatic rings. The van der Waals surface area contributed by atoms with Crippen LogP contribution in [0.15, 0.2) is 24.4 Å². The molecule has 3 atom stereocenters. The Labute approximate surface area is 181 Å². The molecule has 31 heavy (non-hydrogen) atoms. The SMILES string of the molecule is Cc1nc(N2CC[C@H](O)C2)cc(-n2ncc3cc(C)c([C@@H]4CCN(C)C[C@@H]4F)cc32)n1.